The molecule has 0 saturated carbocycles. The van der Waals surface area contributed by atoms with E-state index in [9.17, 15) is 18.8 Å². The van der Waals surface area contributed by atoms with Crippen molar-refractivity contribution in [2.45, 2.75) is 26.2 Å². The van der Waals surface area contributed by atoms with Crippen molar-refractivity contribution in [3.63, 3.8) is 0 Å². The molecule has 0 bridgehead atoms. The number of carboxylic acids is 1. The summed E-state index contributed by atoms with van der Waals surface area (Å²) in [5, 5.41) is 8.74. The molecule has 0 unspecified atom stereocenters. The van der Waals surface area contributed by atoms with Crippen LogP contribution < -0.4 is 0 Å². The number of amides is 1. The lowest BCUT2D eigenvalue weighted by Gasteiger charge is -2.19. The summed E-state index contributed by atoms with van der Waals surface area (Å²) in [5.74, 6) is -2.15. The number of hydrogen-bond donors (Lipinski definition) is 1. The van der Waals surface area contributed by atoms with Gasteiger partial charge in [-0.15, -0.1) is 0 Å². The Bertz CT molecular complexity index is 513. The Morgan fingerprint density at radius 2 is 1.76 bits per heavy atom. The summed E-state index contributed by atoms with van der Waals surface area (Å²) < 4.78 is 12.7. The maximum absolute atomic E-state index is 12.7. The van der Waals surface area contributed by atoms with Gasteiger partial charge in [0.25, 0.3) is 0 Å². The number of halogens is 1. The molecule has 0 aromatic heterocycles. The molecular formula is C15H18FNO4. The minimum Gasteiger partial charge on any atom is -0.480 e. The van der Waals surface area contributed by atoms with Crippen molar-refractivity contribution in [2.24, 2.45) is 0 Å². The number of carbonyl (C=O) groups is 3. The number of ketones is 1. The standard InChI is InChI=1S/C15H18FNO4/c1-2-9-17(10-15(20)21)14(19)8-7-13(18)11-3-5-12(16)6-4-11/h3-6H,2,7-10H2,1H3,(H,20,21). The second-order valence-electron chi connectivity index (χ2n) is 4.64. The minimum absolute atomic E-state index is 0.0235. The van der Waals surface area contributed by atoms with E-state index in [0.29, 0.717) is 18.5 Å². The molecule has 21 heavy (non-hydrogen) atoms. The summed E-state index contributed by atoms with van der Waals surface area (Å²) in [6, 6.07) is 5.10. The fraction of sp³-hybridized carbons (Fsp3) is 0.400. The number of benzene rings is 1. The fourth-order valence-corrected chi connectivity index (χ4v) is 1.88. The third-order valence-corrected chi connectivity index (χ3v) is 2.90. The van der Waals surface area contributed by atoms with E-state index >= 15 is 0 Å². The summed E-state index contributed by atoms with van der Waals surface area (Å²) >= 11 is 0. The molecule has 0 aliphatic carbocycles. The number of aliphatic carboxylic acids is 1. The van der Waals surface area contributed by atoms with Crippen molar-refractivity contribution in [1.29, 1.82) is 0 Å². The smallest absolute Gasteiger partial charge is 0.323 e. The van der Waals surface area contributed by atoms with Gasteiger partial charge >= 0.3 is 5.97 Å². The first-order chi connectivity index (χ1) is 9.93. The third kappa shape index (κ3) is 5.72. The zero-order chi connectivity index (χ0) is 15.8. The molecule has 0 aliphatic heterocycles. The molecule has 114 valence electrons. The highest BCUT2D eigenvalue weighted by molar-refractivity contribution is 5.98. The molecule has 6 heteroatoms. The van der Waals surface area contributed by atoms with E-state index in [0.717, 1.165) is 0 Å². The lowest BCUT2D eigenvalue weighted by molar-refractivity contribution is -0.144. The maximum atomic E-state index is 12.7. The van der Waals surface area contributed by atoms with Crippen molar-refractivity contribution in [3.8, 4) is 0 Å². The van der Waals surface area contributed by atoms with Gasteiger partial charge in [0.15, 0.2) is 5.78 Å². The van der Waals surface area contributed by atoms with E-state index in [4.69, 9.17) is 5.11 Å². The Labute approximate surface area is 122 Å². The van der Waals surface area contributed by atoms with E-state index in [-0.39, 0.29) is 31.1 Å². The van der Waals surface area contributed by atoms with Crippen LogP contribution in [-0.2, 0) is 9.59 Å². The van der Waals surface area contributed by atoms with Crippen LogP contribution >= 0.6 is 0 Å². The predicted octanol–water partition coefficient (Wildman–Crippen LogP) is 2.11. The number of carbonyl (C=O) groups excluding carboxylic acids is 2. The molecule has 0 fully saturated rings. The first kappa shape index (κ1) is 16.8. The number of nitrogens with zero attached hydrogens (tertiary/aromatic N) is 1. The van der Waals surface area contributed by atoms with Crippen molar-refractivity contribution < 1.29 is 23.9 Å². The highest BCUT2D eigenvalue weighted by atomic mass is 19.1. The van der Waals surface area contributed by atoms with E-state index in [1.807, 2.05) is 6.92 Å². The number of rotatable bonds is 8. The van der Waals surface area contributed by atoms with Crippen LogP contribution in [0.2, 0.25) is 0 Å². The molecule has 0 spiro atoms. The predicted molar refractivity (Wildman–Crippen MR) is 74.5 cm³/mol. The lowest BCUT2D eigenvalue weighted by atomic mass is 10.1. The first-order valence-electron chi connectivity index (χ1n) is 6.72. The summed E-state index contributed by atoms with van der Waals surface area (Å²) in [5.41, 5.74) is 0.337. The zero-order valence-electron chi connectivity index (χ0n) is 11.8. The number of carboxylic acid groups (broad SMARTS) is 1. The molecule has 1 aromatic carbocycles. The van der Waals surface area contributed by atoms with Crippen molar-refractivity contribution in [1.82, 2.24) is 4.90 Å². The van der Waals surface area contributed by atoms with Gasteiger partial charge in [-0.1, -0.05) is 6.92 Å². The number of Topliss-reactive ketones (excluding diaryl/α,β-unsaturated/α-hetero) is 1. The molecule has 0 saturated heterocycles. The topological polar surface area (TPSA) is 74.7 Å². The van der Waals surface area contributed by atoms with Crippen LogP contribution in [0.15, 0.2) is 24.3 Å². The highest BCUT2D eigenvalue weighted by Crippen LogP contribution is 2.09. The summed E-state index contributed by atoms with van der Waals surface area (Å²) in [7, 11) is 0. The van der Waals surface area contributed by atoms with E-state index in [1.165, 1.54) is 29.2 Å². The van der Waals surface area contributed by atoms with Crippen LogP contribution in [-0.4, -0.2) is 40.8 Å². The van der Waals surface area contributed by atoms with Crippen molar-refractivity contribution in [3.05, 3.63) is 35.6 Å². The Balaban J connectivity index is 2.55. The molecular weight excluding hydrogens is 277 g/mol. The average Bonchev–Trinajstić information content (AvgIpc) is 2.44. The normalized spacial score (nSPS) is 10.2. The van der Waals surface area contributed by atoms with Gasteiger partial charge in [0.1, 0.15) is 12.4 Å². The summed E-state index contributed by atoms with van der Waals surface area (Å²) in [4.78, 5) is 35.7. The van der Waals surface area contributed by atoms with Gasteiger partial charge in [-0.3, -0.25) is 14.4 Å². The van der Waals surface area contributed by atoms with Gasteiger partial charge in [-0.25, -0.2) is 4.39 Å². The molecule has 1 rings (SSSR count). The van der Waals surface area contributed by atoms with Gasteiger partial charge in [0.2, 0.25) is 5.91 Å². The molecule has 0 radical (unpaired) electrons. The highest BCUT2D eigenvalue weighted by Gasteiger charge is 2.17. The molecule has 0 heterocycles. The van der Waals surface area contributed by atoms with Gasteiger partial charge in [0, 0.05) is 24.9 Å². The van der Waals surface area contributed by atoms with Gasteiger partial charge in [-0.05, 0) is 30.7 Å². The van der Waals surface area contributed by atoms with Crippen LogP contribution in [0.1, 0.15) is 36.5 Å². The van der Waals surface area contributed by atoms with Crippen LogP contribution in [0.25, 0.3) is 0 Å². The Hall–Kier alpha value is -2.24. The minimum atomic E-state index is -1.08. The average molecular weight is 295 g/mol. The summed E-state index contributed by atoms with van der Waals surface area (Å²) in [6.07, 6.45) is 0.568. The molecule has 5 nitrogen and oxygen atoms in total. The Morgan fingerprint density at radius 1 is 1.14 bits per heavy atom. The zero-order valence-corrected chi connectivity index (χ0v) is 11.8. The second kappa shape index (κ2) is 8.14. The first-order valence-corrected chi connectivity index (χ1v) is 6.72. The van der Waals surface area contributed by atoms with Crippen molar-refractivity contribution in [2.75, 3.05) is 13.1 Å². The fourth-order valence-electron chi connectivity index (χ4n) is 1.88. The third-order valence-electron chi connectivity index (χ3n) is 2.90. The largest absolute Gasteiger partial charge is 0.480 e. The Kier molecular flexibility index (Phi) is 6.52. The molecule has 0 aliphatic rings. The Morgan fingerprint density at radius 3 is 2.29 bits per heavy atom. The quantitative estimate of drug-likeness (QED) is 0.745. The van der Waals surface area contributed by atoms with Crippen molar-refractivity contribution >= 4 is 17.7 Å². The van der Waals surface area contributed by atoms with E-state index in [2.05, 4.69) is 0 Å². The van der Waals surface area contributed by atoms with Gasteiger partial charge < -0.3 is 10.0 Å². The van der Waals surface area contributed by atoms with Crippen LogP contribution in [0.3, 0.4) is 0 Å². The SMILES string of the molecule is CCCN(CC(=O)O)C(=O)CCC(=O)c1ccc(F)cc1. The number of hydrogen-bond acceptors (Lipinski definition) is 3. The molecule has 1 N–H and O–H groups in total. The lowest BCUT2D eigenvalue weighted by Crippen LogP contribution is -2.36. The van der Waals surface area contributed by atoms with E-state index in [1.54, 1.807) is 0 Å². The monoisotopic (exact) mass is 295 g/mol. The second-order valence-corrected chi connectivity index (χ2v) is 4.64. The van der Waals surface area contributed by atoms with Crippen LogP contribution in [0, 0.1) is 5.82 Å². The van der Waals surface area contributed by atoms with E-state index < -0.39 is 11.8 Å². The van der Waals surface area contributed by atoms with Crippen LogP contribution in [0.4, 0.5) is 4.39 Å². The van der Waals surface area contributed by atoms with Crippen LogP contribution in [0.5, 0.6) is 0 Å². The van der Waals surface area contributed by atoms with Gasteiger partial charge in [0.05, 0.1) is 0 Å². The van der Waals surface area contributed by atoms with Gasteiger partial charge in [-0.2, -0.15) is 0 Å². The molecule has 1 amide bonds. The molecule has 0 atom stereocenters. The maximum Gasteiger partial charge on any atom is 0.323 e. The summed E-state index contributed by atoms with van der Waals surface area (Å²) in [6.45, 7) is 1.82. The molecule has 1 aromatic rings.